The Kier molecular flexibility index (Phi) is 4.39. The molecule has 0 atom stereocenters. The fourth-order valence-electron chi connectivity index (χ4n) is 1.66. The van der Waals surface area contributed by atoms with Crippen molar-refractivity contribution in [3.8, 4) is 5.75 Å². The normalized spacial score (nSPS) is 18.0. The number of para-hydroxylation sites is 1. The van der Waals surface area contributed by atoms with Crippen LogP contribution in [-0.2, 0) is 4.76 Å². The second-order valence-corrected chi connectivity index (χ2v) is 4.08. The lowest BCUT2D eigenvalue weighted by molar-refractivity contribution is -0.114. The highest BCUT2D eigenvalue weighted by molar-refractivity contribution is 6.35. The molecule has 92 valence electrons. The van der Waals surface area contributed by atoms with E-state index >= 15 is 0 Å². The second-order valence-electron chi connectivity index (χ2n) is 4.08. The summed E-state index contributed by atoms with van der Waals surface area (Å²) < 4.78 is 10.5. The number of rotatable bonds is 4. The van der Waals surface area contributed by atoms with Gasteiger partial charge in [0.25, 0.3) is 0 Å². The minimum Gasteiger partial charge on any atom is -0.511 e. The Labute approximate surface area is 102 Å². The van der Waals surface area contributed by atoms with E-state index in [0.29, 0.717) is 5.75 Å². The van der Waals surface area contributed by atoms with Crippen molar-refractivity contribution in [3.05, 3.63) is 30.3 Å². The molecule has 0 bridgehead atoms. The Balaban J connectivity index is 1.76. The molecule has 0 spiro atoms. The molecular weight excluding hydrogens is 219 g/mol. The van der Waals surface area contributed by atoms with E-state index in [1.807, 2.05) is 18.2 Å². The second kappa shape index (κ2) is 6.02. The molecule has 0 radical (unpaired) electrons. The summed E-state index contributed by atoms with van der Waals surface area (Å²) in [5, 5.41) is 11.4. The maximum Gasteiger partial charge on any atom is 0.728 e. The Morgan fingerprint density at radius 3 is 2.41 bits per heavy atom. The Morgan fingerprint density at radius 2 is 1.76 bits per heavy atom. The lowest BCUT2D eigenvalue weighted by Gasteiger charge is -2.31. The van der Waals surface area contributed by atoms with Gasteiger partial charge in [-0.25, -0.2) is 0 Å². The van der Waals surface area contributed by atoms with Crippen molar-refractivity contribution in [2.24, 2.45) is 0 Å². The summed E-state index contributed by atoms with van der Waals surface area (Å²) >= 11 is 0. The molecule has 0 aromatic heterocycles. The highest BCUT2D eigenvalue weighted by Gasteiger charge is 2.25. The fourth-order valence-corrected chi connectivity index (χ4v) is 1.66. The van der Waals surface area contributed by atoms with Crippen molar-refractivity contribution in [1.29, 1.82) is 0 Å². The molecule has 1 aromatic rings. The van der Waals surface area contributed by atoms with Gasteiger partial charge in [0, 0.05) is 26.2 Å². The SMILES string of the molecule is CN1CCN(OB(O)Oc2ccccc2)CC1. The van der Waals surface area contributed by atoms with Crippen LogP contribution in [0.2, 0.25) is 0 Å². The van der Waals surface area contributed by atoms with E-state index in [0.717, 1.165) is 26.2 Å². The number of hydrogen-bond acceptors (Lipinski definition) is 5. The summed E-state index contributed by atoms with van der Waals surface area (Å²) in [6.45, 7) is 3.40. The van der Waals surface area contributed by atoms with Crippen molar-refractivity contribution in [2.45, 2.75) is 0 Å². The summed E-state index contributed by atoms with van der Waals surface area (Å²) in [6.07, 6.45) is 0. The topological polar surface area (TPSA) is 45.2 Å². The van der Waals surface area contributed by atoms with Gasteiger partial charge in [-0.15, -0.1) is 0 Å². The largest absolute Gasteiger partial charge is 0.728 e. The molecule has 1 saturated heterocycles. The van der Waals surface area contributed by atoms with Crippen molar-refractivity contribution >= 4 is 7.32 Å². The van der Waals surface area contributed by atoms with E-state index < -0.39 is 7.32 Å². The summed E-state index contributed by atoms with van der Waals surface area (Å²) in [5.74, 6) is 0.592. The molecule has 17 heavy (non-hydrogen) atoms. The van der Waals surface area contributed by atoms with Gasteiger partial charge in [0.15, 0.2) is 0 Å². The lowest BCUT2D eigenvalue weighted by Crippen LogP contribution is -2.47. The zero-order valence-corrected chi connectivity index (χ0v) is 9.95. The molecule has 1 heterocycles. The third-order valence-electron chi connectivity index (χ3n) is 2.68. The van der Waals surface area contributed by atoms with Crippen molar-refractivity contribution < 1.29 is 14.4 Å². The fraction of sp³-hybridized carbons (Fsp3) is 0.455. The first-order valence-electron chi connectivity index (χ1n) is 5.74. The van der Waals surface area contributed by atoms with E-state index in [1.165, 1.54) is 0 Å². The molecule has 0 aliphatic carbocycles. The van der Waals surface area contributed by atoms with Crippen LogP contribution >= 0.6 is 0 Å². The maximum absolute atomic E-state index is 9.62. The summed E-state index contributed by atoms with van der Waals surface area (Å²) in [5.41, 5.74) is 0. The van der Waals surface area contributed by atoms with Crippen molar-refractivity contribution in [1.82, 2.24) is 9.96 Å². The van der Waals surface area contributed by atoms with Gasteiger partial charge in [-0.1, -0.05) is 18.2 Å². The van der Waals surface area contributed by atoms with E-state index in [4.69, 9.17) is 9.41 Å². The zero-order chi connectivity index (χ0) is 12.1. The van der Waals surface area contributed by atoms with Crippen LogP contribution in [0.5, 0.6) is 5.75 Å². The van der Waals surface area contributed by atoms with E-state index in [1.54, 1.807) is 17.2 Å². The van der Waals surface area contributed by atoms with Crippen LogP contribution in [0.4, 0.5) is 0 Å². The van der Waals surface area contributed by atoms with Gasteiger partial charge < -0.3 is 14.6 Å². The van der Waals surface area contributed by atoms with Gasteiger partial charge in [-0.2, -0.15) is 5.06 Å². The van der Waals surface area contributed by atoms with Crippen LogP contribution in [0, 0.1) is 0 Å². The number of nitrogens with zero attached hydrogens (tertiary/aromatic N) is 2. The minimum atomic E-state index is -1.25. The van der Waals surface area contributed by atoms with E-state index in [-0.39, 0.29) is 0 Å². The number of likely N-dealkylation sites (N-methyl/N-ethyl adjacent to an activating group) is 1. The first kappa shape index (κ1) is 12.4. The molecule has 0 unspecified atom stereocenters. The molecule has 0 saturated carbocycles. The smallest absolute Gasteiger partial charge is 0.511 e. The molecular formula is C11H17BN2O3. The first-order chi connectivity index (χ1) is 8.24. The van der Waals surface area contributed by atoms with Crippen LogP contribution in [0.25, 0.3) is 0 Å². The van der Waals surface area contributed by atoms with Gasteiger partial charge in [0.05, 0.1) is 0 Å². The lowest BCUT2D eigenvalue weighted by atomic mass is 10.2. The highest BCUT2D eigenvalue weighted by atomic mass is 16.8. The predicted octanol–water partition coefficient (Wildman–Crippen LogP) is 0.222. The molecule has 1 aliphatic heterocycles. The third kappa shape index (κ3) is 4.01. The van der Waals surface area contributed by atoms with Crippen molar-refractivity contribution in [3.63, 3.8) is 0 Å². The van der Waals surface area contributed by atoms with Gasteiger partial charge >= 0.3 is 7.32 Å². The zero-order valence-electron chi connectivity index (χ0n) is 9.95. The maximum atomic E-state index is 9.62. The van der Waals surface area contributed by atoms with Crippen LogP contribution in [-0.4, -0.2) is 55.5 Å². The number of hydroxylamine groups is 2. The molecule has 2 rings (SSSR count). The third-order valence-corrected chi connectivity index (χ3v) is 2.68. The van der Waals surface area contributed by atoms with Gasteiger partial charge in [-0.3, -0.25) is 4.76 Å². The molecule has 1 N–H and O–H groups in total. The average molecular weight is 236 g/mol. The predicted molar refractivity (Wildman–Crippen MR) is 65.2 cm³/mol. The van der Waals surface area contributed by atoms with Crippen LogP contribution in [0.15, 0.2) is 30.3 Å². The monoisotopic (exact) mass is 236 g/mol. The van der Waals surface area contributed by atoms with E-state index in [2.05, 4.69) is 11.9 Å². The van der Waals surface area contributed by atoms with Gasteiger partial charge in [0.2, 0.25) is 0 Å². The van der Waals surface area contributed by atoms with Crippen LogP contribution in [0.1, 0.15) is 0 Å². The summed E-state index contributed by atoms with van der Waals surface area (Å²) in [6, 6.07) is 9.13. The first-order valence-corrected chi connectivity index (χ1v) is 5.74. The molecule has 0 amide bonds. The Morgan fingerprint density at radius 1 is 1.12 bits per heavy atom. The van der Waals surface area contributed by atoms with Crippen molar-refractivity contribution in [2.75, 3.05) is 33.2 Å². The van der Waals surface area contributed by atoms with Crippen LogP contribution in [0.3, 0.4) is 0 Å². The average Bonchev–Trinajstić information content (AvgIpc) is 2.33. The Hall–Kier alpha value is -1.08. The van der Waals surface area contributed by atoms with E-state index in [9.17, 15) is 5.02 Å². The van der Waals surface area contributed by atoms with Gasteiger partial charge in [-0.05, 0) is 19.2 Å². The Bertz CT molecular complexity index is 331. The van der Waals surface area contributed by atoms with Gasteiger partial charge in [0.1, 0.15) is 5.75 Å². The summed E-state index contributed by atoms with van der Waals surface area (Å²) in [4.78, 5) is 2.21. The molecule has 1 aliphatic rings. The minimum absolute atomic E-state index is 0.592. The highest BCUT2D eigenvalue weighted by Crippen LogP contribution is 2.10. The molecule has 1 aromatic carbocycles. The standard InChI is InChI=1S/C11H17BN2O3/c1-13-7-9-14(10-8-13)17-12(15)16-11-5-3-2-4-6-11/h2-6,15H,7-10H2,1H3. The molecule has 6 heteroatoms. The molecule has 5 nitrogen and oxygen atoms in total. The summed E-state index contributed by atoms with van der Waals surface area (Å²) in [7, 11) is 0.814. The number of piperazine rings is 1. The number of hydrogen-bond donors (Lipinski definition) is 1. The molecule has 1 fully saturated rings. The quantitative estimate of drug-likeness (QED) is 0.758. The van der Waals surface area contributed by atoms with Crippen LogP contribution < -0.4 is 4.65 Å². The number of benzene rings is 1.